The van der Waals surface area contributed by atoms with Crippen molar-refractivity contribution < 1.29 is 0 Å². The summed E-state index contributed by atoms with van der Waals surface area (Å²) in [5.41, 5.74) is 7.51. The van der Waals surface area contributed by atoms with Crippen molar-refractivity contribution in [1.29, 1.82) is 0 Å². The number of hydrogen-bond donors (Lipinski definition) is 1. The number of halogens is 1. The zero-order chi connectivity index (χ0) is 13.2. The fourth-order valence-electron chi connectivity index (χ4n) is 2.77. The second-order valence-corrected chi connectivity index (χ2v) is 6.90. The van der Waals surface area contributed by atoms with Crippen molar-refractivity contribution in [2.45, 2.75) is 18.4 Å². The Morgan fingerprint density at radius 2 is 2.00 bits per heavy atom. The van der Waals surface area contributed by atoms with E-state index < -0.39 is 0 Å². The molecule has 1 aliphatic rings. The van der Waals surface area contributed by atoms with Crippen molar-refractivity contribution in [3.05, 3.63) is 51.1 Å². The quantitative estimate of drug-likeness (QED) is 0.902. The number of rotatable bonds is 2. The molecule has 2 N–H and O–H groups in total. The van der Waals surface area contributed by atoms with Gasteiger partial charge < -0.3 is 10.6 Å². The highest BCUT2D eigenvalue weighted by molar-refractivity contribution is 9.10. The minimum Gasteiger partial charge on any atom is -0.368 e. The molecule has 1 saturated heterocycles. The van der Waals surface area contributed by atoms with Gasteiger partial charge in [-0.15, -0.1) is 11.3 Å². The Morgan fingerprint density at radius 3 is 2.74 bits per heavy atom. The highest BCUT2D eigenvalue weighted by atomic mass is 79.9. The van der Waals surface area contributed by atoms with Crippen LogP contribution in [-0.4, -0.2) is 19.1 Å². The summed E-state index contributed by atoms with van der Waals surface area (Å²) in [6.45, 7) is 1.99. The highest BCUT2D eigenvalue weighted by Crippen LogP contribution is 2.34. The van der Waals surface area contributed by atoms with Gasteiger partial charge in [-0.25, -0.2) is 0 Å². The average molecular weight is 337 g/mol. The first-order valence-electron chi connectivity index (χ1n) is 6.52. The molecule has 2 unspecified atom stereocenters. The molecule has 0 bridgehead atoms. The van der Waals surface area contributed by atoms with Gasteiger partial charge in [0, 0.05) is 34.4 Å². The first kappa shape index (κ1) is 13.2. The first-order valence-corrected chi connectivity index (χ1v) is 8.20. The predicted octanol–water partition coefficient (Wildman–Crippen LogP) is 3.83. The molecule has 1 aromatic heterocycles. The minimum absolute atomic E-state index is 0.243. The number of benzene rings is 1. The van der Waals surface area contributed by atoms with E-state index in [2.05, 4.69) is 56.5 Å². The Balaban J connectivity index is 1.85. The molecule has 1 fully saturated rings. The zero-order valence-electron chi connectivity index (χ0n) is 10.6. The van der Waals surface area contributed by atoms with Crippen molar-refractivity contribution in [3.63, 3.8) is 0 Å². The maximum Gasteiger partial charge on any atom is 0.0511 e. The zero-order valence-corrected chi connectivity index (χ0v) is 13.0. The smallest absolute Gasteiger partial charge is 0.0511 e. The van der Waals surface area contributed by atoms with E-state index >= 15 is 0 Å². The molecule has 0 radical (unpaired) electrons. The van der Waals surface area contributed by atoms with E-state index in [1.165, 1.54) is 10.6 Å². The van der Waals surface area contributed by atoms with E-state index in [1.807, 2.05) is 17.4 Å². The summed E-state index contributed by atoms with van der Waals surface area (Å²) in [6.07, 6.45) is 1.08. The SMILES string of the molecule is NC1CC(c2cccs2)CN(c2ccccc2Br)C1. The number of anilines is 1. The number of para-hydroxylation sites is 1. The second kappa shape index (κ2) is 5.65. The van der Waals surface area contributed by atoms with Gasteiger partial charge in [-0.1, -0.05) is 18.2 Å². The summed E-state index contributed by atoms with van der Waals surface area (Å²) in [4.78, 5) is 3.86. The summed E-state index contributed by atoms with van der Waals surface area (Å²) < 4.78 is 1.15. The van der Waals surface area contributed by atoms with E-state index in [0.29, 0.717) is 5.92 Å². The maximum atomic E-state index is 6.26. The largest absolute Gasteiger partial charge is 0.368 e. The van der Waals surface area contributed by atoms with Crippen LogP contribution in [0, 0.1) is 0 Å². The second-order valence-electron chi connectivity index (χ2n) is 5.06. The lowest BCUT2D eigenvalue weighted by Gasteiger charge is -2.38. The molecule has 100 valence electrons. The van der Waals surface area contributed by atoms with E-state index in [4.69, 9.17) is 5.73 Å². The van der Waals surface area contributed by atoms with Gasteiger partial charge >= 0.3 is 0 Å². The summed E-state index contributed by atoms with van der Waals surface area (Å²) in [5, 5.41) is 2.15. The number of nitrogens with zero attached hydrogens (tertiary/aromatic N) is 1. The lowest BCUT2D eigenvalue weighted by Crippen LogP contribution is -2.46. The number of hydrogen-bond acceptors (Lipinski definition) is 3. The van der Waals surface area contributed by atoms with Crippen LogP contribution < -0.4 is 10.6 Å². The fraction of sp³-hybridized carbons (Fsp3) is 0.333. The molecule has 2 heterocycles. The third kappa shape index (κ3) is 2.86. The third-order valence-electron chi connectivity index (χ3n) is 3.62. The first-order chi connectivity index (χ1) is 9.24. The monoisotopic (exact) mass is 336 g/mol. The van der Waals surface area contributed by atoms with Gasteiger partial charge in [-0.2, -0.15) is 0 Å². The van der Waals surface area contributed by atoms with E-state index in [9.17, 15) is 0 Å². The number of piperidine rings is 1. The molecule has 0 spiro atoms. The van der Waals surface area contributed by atoms with Gasteiger partial charge in [0.25, 0.3) is 0 Å². The van der Waals surface area contributed by atoms with Crippen LogP contribution >= 0.6 is 27.3 Å². The van der Waals surface area contributed by atoms with Gasteiger partial charge in [0.1, 0.15) is 0 Å². The van der Waals surface area contributed by atoms with Crippen LogP contribution in [0.4, 0.5) is 5.69 Å². The molecule has 19 heavy (non-hydrogen) atoms. The molecular formula is C15H17BrN2S. The van der Waals surface area contributed by atoms with Gasteiger partial charge in [0.2, 0.25) is 0 Å². The standard InChI is InChI=1S/C15H17BrN2S/c16-13-4-1-2-5-14(13)18-9-11(8-12(17)10-18)15-6-3-7-19-15/h1-7,11-12H,8-10,17H2. The normalized spacial score (nSPS) is 23.6. The summed E-state index contributed by atoms with van der Waals surface area (Å²) in [7, 11) is 0. The predicted molar refractivity (Wildman–Crippen MR) is 86.0 cm³/mol. The van der Waals surface area contributed by atoms with Crippen molar-refractivity contribution in [1.82, 2.24) is 0 Å². The van der Waals surface area contributed by atoms with Crippen LogP contribution in [0.1, 0.15) is 17.2 Å². The molecule has 4 heteroatoms. The Kier molecular flexibility index (Phi) is 3.91. The van der Waals surface area contributed by atoms with Crippen LogP contribution in [0.2, 0.25) is 0 Å². The van der Waals surface area contributed by atoms with Crippen molar-refractivity contribution in [3.8, 4) is 0 Å². The van der Waals surface area contributed by atoms with Crippen LogP contribution in [0.25, 0.3) is 0 Å². The Bertz CT molecular complexity index is 541. The molecule has 0 amide bonds. The summed E-state index contributed by atoms with van der Waals surface area (Å²) in [6, 6.07) is 13.0. The Hall–Kier alpha value is -0.840. The van der Waals surface area contributed by atoms with Crippen LogP contribution in [0.3, 0.4) is 0 Å². The van der Waals surface area contributed by atoms with Crippen molar-refractivity contribution in [2.75, 3.05) is 18.0 Å². The minimum atomic E-state index is 0.243. The number of nitrogens with two attached hydrogens (primary N) is 1. The topological polar surface area (TPSA) is 29.3 Å². The molecule has 2 atom stereocenters. The van der Waals surface area contributed by atoms with E-state index in [0.717, 1.165) is 24.0 Å². The molecular weight excluding hydrogens is 320 g/mol. The highest BCUT2D eigenvalue weighted by Gasteiger charge is 2.27. The maximum absolute atomic E-state index is 6.26. The van der Waals surface area contributed by atoms with Crippen molar-refractivity contribution >= 4 is 33.0 Å². The van der Waals surface area contributed by atoms with E-state index in [1.54, 1.807) is 0 Å². The van der Waals surface area contributed by atoms with Gasteiger partial charge in [-0.05, 0) is 45.9 Å². The van der Waals surface area contributed by atoms with Gasteiger partial charge in [0.15, 0.2) is 0 Å². The van der Waals surface area contributed by atoms with Crippen LogP contribution in [0.5, 0.6) is 0 Å². The molecule has 0 aliphatic carbocycles. The lowest BCUT2D eigenvalue weighted by molar-refractivity contribution is 0.458. The Morgan fingerprint density at radius 1 is 1.16 bits per heavy atom. The molecule has 0 saturated carbocycles. The van der Waals surface area contributed by atoms with Gasteiger partial charge in [-0.3, -0.25) is 0 Å². The summed E-state index contributed by atoms with van der Waals surface area (Å²) in [5.74, 6) is 0.552. The number of thiophene rings is 1. The fourth-order valence-corrected chi connectivity index (χ4v) is 4.14. The molecule has 1 aliphatic heterocycles. The van der Waals surface area contributed by atoms with Gasteiger partial charge in [0.05, 0.1) is 5.69 Å². The van der Waals surface area contributed by atoms with Crippen LogP contribution in [-0.2, 0) is 0 Å². The molecule has 2 aromatic rings. The average Bonchev–Trinajstić information content (AvgIpc) is 2.92. The Labute approximate surface area is 126 Å². The van der Waals surface area contributed by atoms with Crippen molar-refractivity contribution in [2.24, 2.45) is 5.73 Å². The third-order valence-corrected chi connectivity index (χ3v) is 5.33. The summed E-state index contributed by atoms with van der Waals surface area (Å²) >= 11 is 5.48. The molecule has 1 aromatic carbocycles. The lowest BCUT2D eigenvalue weighted by atomic mass is 9.93. The molecule has 2 nitrogen and oxygen atoms in total. The van der Waals surface area contributed by atoms with E-state index in [-0.39, 0.29) is 6.04 Å². The molecule has 3 rings (SSSR count). The van der Waals surface area contributed by atoms with Crippen LogP contribution in [0.15, 0.2) is 46.3 Å².